The quantitative estimate of drug-likeness (QED) is 0.426. The predicted octanol–water partition coefficient (Wildman–Crippen LogP) is 5.18. The van der Waals surface area contributed by atoms with Gasteiger partial charge in [0.2, 0.25) is 5.91 Å². The summed E-state index contributed by atoms with van der Waals surface area (Å²) in [6.45, 7) is 7.95. The van der Waals surface area contributed by atoms with Gasteiger partial charge in [-0.05, 0) is 101 Å². The lowest BCUT2D eigenvalue weighted by atomic mass is 9.76. The SMILES string of the molecule is Cc1n[nH]c(C)c1-c1ccc(NC(=O)[C@H](NC(=O)c2ccnn2C(C)C)C2CCC3(CC2)CC3)cc1. The number of H-pyrrole nitrogens is 1. The predicted molar refractivity (Wildman–Crippen MR) is 140 cm³/mol. The third kappa shape index (κ3) is 4.81. The van der Waals surface area contributed by atoms with Gasteiger partial charge in [0, 0.05) is 29.2 Å². The fourth-order valence-electron chi connectivity index (χ4n) is 5.70. The van der Waals surface area contributed by atoms with Crippen LogP contribution in [0.5, 0.6) is 0 Å². The first-order valence-electron chi connectivity index (χ1n) is 13.0. The molecular weight excluding hydrogens is 452 g/mol. The summed E-state index contributed by atoms with van der Waals surface area (Å²) in [7, 11) is 0. The van der Waals surface area contributed by atoms with Crippen LogP contribution in [0.4, 0.5) is 5.69 Å². The maximum Gasteiger partial charge on any atom is 0.270 e. The maximum atomic E-state index is 13.6. The van der Waals surface area contributed by atoms with Gasteiger partial charge < -0.3 is 10.6 Å². The number of nitrogens with zero attached hydrogens (tertiary/aromatic N) is 3. The van der Waals surface area contributed by atoms with E-state index in [9.17, 15) is 9.59 Å². The molecule has 0 aliphatic heterocycles. The molecule has 0 saturated heterocycles. The number of aromatic nitrogens is 4. The topological polar surface area (TPSA) is 105 Å². The van der Waals surface area contributed by atoms with Crippen LogP contribution in [0.25, 0.3) is 11.1 Å². The first-order chi connectivity index (χ1) is 17.3. The molecule has 2 aromatic heterocycles. The van der Waals surface area contributed by atoms with Crippen molar-refractivity contribution in [2.24, 2.45) is 11.3 Å². The van der Waals surface area contributed by atoms with Crippen molar-refractivity contribution >= 4 is 17.5 Å². The van der Waals surface area contributed by atoms with Crippen molar-refractivity contribution in [2.45, 2.75) is 78.3 Å². The van der Waals surface area contributed by atoms with Crippen LogP contribution in [0, 0.1) is 25.2 Å². The highest BCUT2D eigenvalue weighted by Gasteiger charge is 2.47. The Morgan fingerprint density at radius 1 is 1.06 bits per heavy atom. The molecule has 8 nitrogen and oxygen atoms in total. The van der Waals surface area contributed by atoms with E-state index in [2.05, 4.69) is 25.9 Å². The summed E-state index contributed by atoms with van der Waals surface area (Å²) in [6.07, 6.45) is 8.43. The van der Waals surface area contributed by atoms with Crippen LogP contribution in [0.15, 0.2) is 36.5 Å². The monoisotopic (exact) mass is 488 g/mol. The average Bonchev–Trinajstić information content (AvgIpc) is 3.26. The zero-order valence-corrected chi connectivity index (χ0v) is 21.6. The average molecular weight is 489 g/mol. The van der Waals surface area contributed by atoms with E-state index in [1.54, 1.807) is 16.9 Å². The van der Waals surface area contributed by atoms with E-state index in [1.807, 2.05) is 52.0 Å². The van der Waals surface area contributed by atoms with Gasteiger partial charge in [-0.3, -0.25) is 19.4 Å². The minimum Gasteiger partial charge on any atom is -0.339 e. The van der Waals surface area contributed by atoms with Crippen molar-refractivity contribution in [3.63, 3.8) is 0 Å². The van der Waals surface area contributed by atoms with Gasteiger partial charge in [-0.25, -0.2) is 0 Å². The highest BCUT2D eigenvalue weighted by atomic mass is 16.2. The summed E-state index contributed by atoms with van der Waals surface area (Å²) in [5.41, 5.74) is 5.78. The van der Waals surface area contributed by atoms with Crippen molar-refractivity contribution in [2.75, 3.05) is 5.32 Å². The molecule has 36 heavy (non-hydrogen) atoms. The fraction of sp³-hybridized carbons (Fsp3) is 0.500. The van der Waals surface area contributed by atoms with E-state index in [1.165, 1.54) is 12.8 Å². The van der Waals surface area contributed by atoms with Crippen LogP contribution in [0.2, 0.25) is 0 Å². The molecule has 2 fully saturated rings. The Balaban J connectivity index is 1.33. The number of carbonyl (C=O) groups is 2. The molecular formula is C28H36N6O2. The van der Waals surface area contributed by atoms with Crippen molar-refractivity contribution in [3.8, 4) is 11.1 Å². The molecule has 0 bridgehead atoms. The van der Waals surface area contributed by atoms with Crippen molar-refractivity contribution in [1.82, 2.24) is 25.3 Å². The number of nitrogens with one attached hydrogen (secondary N) is 3. The largest absolute Gasteiger partial charge is 0.339 e. The third-order valence-corrected chi connectivity index (χ3v) is 8.05. The molecule has 190 valence electrons. The number of aromatic amines is 1. The van der Waals surface area contributed by atoms with Crippen molar-refractivity contribution in [3.05, 3.63) is 53.6 Å². The molecule has 3 N–H and O–H groups in total. The molecule has 5 rings (SSSR count). The van der Waals surface area contributed by atoms with Gasteiger partial charge in [-0.2, -0.15) is 10.2 Å². The van der Waals surface area contributed by atoms with Gasteiger partial charge >= 0.3 is 0 Å². The molecule has 1 atom stereocenters. The molecule has 0 radical (unpaired) electrons. The second-order valence-electron chi connectivity index (χ2n) is 10.9. The van der Waals surface area contributed by atoms with E-state index in [4.69, 9.17) is 0 Å². The first-order valence-corrected chi connectivity index (χ1v) is 13.0. The fourth-order valence-corrected chi connectivity index (χ4v) is 5.70. The Hall–Kier alpha value is -3.42. The highest BCUT2D eigenvalue weighted by molar-refractivity contribution is 6.00. The maximum absolute atomic E-state index is 13.6. The summed E-state index contributed by atoms with van der Waals surface area (Å²) >= 11 is 0. The minimum atomic E-state index is -0.595. The Morgan fingerprint density at radius 3 is 2.33 bits per heavy atom. The Morgan fingerprint density at radius 2 is 1.75 bits per heavy atom. The van der Waals surface area contributed by atoms with Crippen molar-refractivity contribution in [1.29, 1.82) is 0 Å². The first kappa shape index (κ1) is 24.3. The minimum absolute atomic E-state index is 0.0541. The summed E-state index contributed by atoms with van der Waals surface area (Å²) in [4.78, 5) is 26.8. The van der Waals surface area contributed by atoms with E-state index < -0.39 is 6.04 Å². The van der Waals surface area contributed by atoms with Crippen LogP contribution in [-0.4, -0.2) is 37.8 Å². The second kappa shape index (κ2) is 9.56. The number of amides is 2. The number of aryl methyl sites for hydroxylation is 2. The molecule has 1 aromatic carbocycles. The summed E-state index contributed by atoms with van der Waals surface area (Å²) in [5, 5.41) is 17.7. The molecule has 8 heteroatoms. The number of hydrogen-bond donors (Lipinski definition) is 3. The van der Waals surface area contributed by atoms with Gasteiger partial charge in [0.1, 0.15) is 11.7 Å². The molecule has 0 unspecified atom stereocenters. The molecule has 2 aliphatic rings. The second-order valence-corrected chi connectivity index (χ2v) is 10.9. The van der Waals surface area contributed by atoms with Crippen LogP contribution in [0.3, 0.4) is 0 Å². The van der Waals surface area contributed by atoms with Gasteiger partial charge in [-0.15, -0.1) is 0 Å². The van der Waals surface area contributed by atoms with E-state index >= 15 is 0 Å². The lowest BCUT2D eigenvalue weighted by Gasteiger charge is -2.34. The van der Waals surface area contributed by atoms with Gasteiger partial charge in [0.25, 0.3) is 5.91 Å². The zero-order valence-electron chi connectivity index (χ0n) is 21.6. The molecule has 1 spiro atoms. The molecule has 3 aromatic rings. The molecule has 2 amide bonds. The molecule has 2 aliphatic carbocycles. The lowest BCUT2D eigenvalue weighted by Crippen LogP contribution is -2.50. The molecule has 2 saturated carbocycles. The summed E-state index contributed by atoms with van der Waals surface area (Å²) in [5.74, 6) is -0.306. The van der Waals surface area contributed by atoms with Crippen LogP contribution < -0.4 is 10.6 Å². The van der Waals surface area contributed by atoms with Gasteiger partial charge in [-0.1, -0.05) is 12.1 Å². The third-order valence-electron chi connectivity index (χ3n) is 8.05. The van der Waals surface area contributed by atoms with Gasteiger partial charge in [0.15, 0.2) is 0 Å². The van der Waals surface area contributed by atoms with Crippen LogP contribution in [-0.2, 0) is 4.79 Å². The standard InChI is InChI=1S/C28H36N6O2/c1-17(2)34-23(11-16-29-34)26(35)31-25(21-9-12-28(13-10-21)14-15-28)27(36)30-22-7-5-20(6-8-22)24-18(3)32-33-19(24)4/h5-8,11,16-17,21,25H,9-10,12-15H2,1-4H3,(H,30,36)(H,31,35)(H,32,33)/t25-/m1/s1. The number of benzene rings is 1. The summed E-state index contributed by atoms with van der Waals surface area (Å²) < 4.78 is 1.70. The lowest BCUT2D eigenvalue weighted by molar-refractivity contribution is -0.119. The van der Waals surface area contributed by atoms with E-state index in [0.717, 1.165) is 48.2 Å². The highest BCUT2D eigenvalue weighted by Crippen LogP contribution is 2.57. The number of anilines is 1. The van der Waals surface area contributed by atoms with Crippen LogP contribution >= 0.6 is 0 Å². The Kier molecular flexibility index (Phi) is 6.45. The van der Waals surface area contributed by atoms with Crippen molar-refractivity contribution < 1.29 is 9.59 Å². The number of hydrogen-bond acceptors (Lipinski definition) is 4. The van der Waals surface area contributed by atoms with Crippen LogP contribution in [0.1, 0.15) is 80.3 Å². The Labute approximate surface area is 212 Å². The van der Waals surface area contributed by atoms with Gasteiger partial charge in [0.05, 0.1) is 5.69 Å². The number of rotatable bonds is 7. The number of carbonyl (C=O) groups excluding carboxylic acids is 2. The van der Waals surface area contributed by atoms with E-state index in [-0.39, 0.29) is 23.8 Å². The summed E-state index contributed by atoms with van der Waals surface area (Å²) in [6, 6.07) is 8.97. The van der Waals surface area contributed by atoms with E-state index in [0.29, 0.717) is 16.8 Å². The normalized spacial score (nSPS) is 17.8. The Bertz CT molecular complexity index is 1220. The molecule has 2 heterocycles. The zero-order chi connectivity index (χ0) is 25.4. The smallest absolute Gasteiger partial charge is 0.270 e.